The van der Waals surface area contributed by atoms with Crippen LogP contribution in [0.3, 0.4) is 0 Å². The van der Waals surface area contributed by atoms with Gasteiger partial charge in [-0.2, -0.15) is 5.10 Å². The minimum atomic E-state index is -0.445. The van der Waals surface area contributed by atoms with Crippen LogP contribution in [0.4, 0.5) is 0 Å². The van der Waals surface area contributed by atoms with Gasteiger partial charge in [-0.05, 0) is 38.4 Å². The summed E-state index contributed by atoms with van der Waals surface area (Å²) in [6, 6.07) is 1.64. The predicted molar refractivity (Wildman–Crippen MR) is 95.0 cm³/mol. The van der Waals surface area contributed by atoms with E-state index in [1.807, 2.05) is 36.3 Å². The second-order valence-electron chi connectivity index (χ2n) is 7.40. The van der Waals surface area contributed by atoms with Crippen LogP contribution in [0.2, 0.25) is 0 Å². The number of aromatic nitrogens is 4. The van der Waals surface area contributed by atoms with Gasteiger partial charge < -0.3 is 15.0 Å². The molecule has 0 spiro atoms. The SMILES string of the molecule is Cn1ccnc1CN1CCC(C(=O)N[C@H]2C[C@@H](O)[C@@H]2n2cccn2)CC1. The van der Waals surface area contributed by atoms with E-state index in [0.29, 0.717) is 6.42 Å². The van der Waals surface area contributed by atoms with Crippen molar-refractivity contribution < 1.29 is 9.90 Å². The fourth-order valence-electron chi connectivity index (χ4n) is 3.98. The van der Waals surface area contributed by atoms with Crippen LogP contribution in [-0.4, -0.2) is 60.5 Å². The minimum absolute atomic E-state index is 0.0389. The summed E-state index contributed by atoms with van der Waals surface area (Å²) < 4.78 is 3.78. The van der Waals surface area contributed by atoms with E-state index in [-0.39, 0.29) is 23.9 Å². The Bertz CT molecular complexity index is 735. The number of aryl methyl sites for hydroxylation is 1. The molecule has 1 saturated carbocycles. The largest absolute Gasteiger partial charge is 0.391 e. The van der Waals surface area contributed by atoms with Crippen molar-refractivity contribution >= 4 is 5.91 Å². The topological polar surface area (TPSA) is 88.2 Å². The third kappa shape index (κ3) is 3.39. The zero-order valence-corrected chi connectivity index (χ0v) is 15.0. The molecule has 3 atom stereocenters. The van der Waals surface area contributed by atoms with Crippen molar-refractivity contribution in [3.63, 3.8) is 0 Å². The van der Waals surface area contributed by atoms with E-state index < -0.39 is 6.10 Å². The van der Waals surface area contributed by atoms with Crippen molar-refractivity contribution in [2.24, 2.45) is 13.0 Å². The van der Waals surface area contributed by atoms with Crippen molar-refractivity contribution in [3.05, 3.63) is 36.7 Å². The number of hydrogen-bond acceptors (Lipinski definition) is 5. The van der Waals surface area contributed by atoms with Crippen LogP contribution >= 0.6 is 0 Å². The third-order valence-electron chi connectivity index (χ3n) is 5.70. The number of carbonyl (C=O) groups is 1. The van der Waals surface area contributed by atoms with Crippen LogP contribution in [0.1, 0.15) is 31.1 Å². The highest BCUT2D eigenvalue weighted by Crippen LogP contribution is 2.33. The molecule has 2 aromatic rings. The number of piperidine rings is 1. The maximum Gasteiger partial charge on any atom is 0.223 e. The number of likely N-dealkylation sites (tertiary alicyclic amines) is 1. The summed E-state index contributed by atoms with van der Waals surface area (Å²) in [5.74, 6) is 1.21. The van der Waals surface area contributed by atoms with Crippen molar-refractivity contribution in [2.45, 2.75) is 44.0 Å². The molecule has 2 aromatic heterocycles. The molecular formula is C18H26N6O2. The average molecular weight is 358 g/mol. The number of aliphatic hydroxyl groups is 1. The highest BCUT2D eigenvalue weighted by Gasteiger charge is 2.43. The second-order valence-corrected chi connectivity index (χ2v) is 7.40. The van der Waals surface area contributed by atoms with E-state index in [9.17, 15) is 9.90 Å². The average Bonchev–Trinajstić information content (AvgIpc) is 3.27. The summed E-state index contributed by atoms with van der Waals surface area (Å²) in [5, 5.41) is 17.4. The van der Waals surface area contributed by atoms with Crippen molar-refractivity contribution in [1.82, 2.24) is 29.5 Å². The number of carbonyl (C=O) groups excluding carboxylic acids is 1. The lowest BCUT2D eigenvalue weighted by Crippen LogP contribution is -2.57. The second kappa shape index (κ2) is 7.20. The van der Waals surface area contributed by atoms with Crippen LogP contribution < -0.4 is 5.32 Å². The van der Waals surface area contributed by atoms with Gasteiger partial charge in [0, 0.05) is 37.8 Å². The summed E-state index contributed by atoms with van der Waals surface area (Å²) in [6.07, 6.45) is 9.17. The molecule has 26 heavy (non-hydrogen) atoms. The lowest BCUT2D eigenvalue weighted by Gasteiger charge is -2.42. The maximum atomic E-state index is 12.6. The monoisotopic (exact) mass is 358 g/mol. The maximum absolute atomic E-state index is 12.6. The van der Waals surface area contributed by atoms with Crippen LogP contribution in [-0.2, 0) is 18.4 Å². The highest BCUT2D eigenvalue weighted by molar-refractivity contribution is 5.79. The molecule has 3 heterocycles. The Morgan fingerprint density at radius 3 is 2.73 bits per heavy atom. The van der Waals surface area contributed by atoms with E-state index in [2.05, 4.69) is 20.3 Å². The molecule has 0 radical (unpaired) electrons. The van der Waals surface area contributed by atoms with Gasteiger partial charge in [0.05, 0.1) is 24.7 Å². The van der Waals surface area contributed by atoms with E-state index in [1.54, 1.807) is 10.9 Å². The summed E-state index contributed by atoms with van der Waals surface area (Å²) in [7, 11) is 2.01. The predicted octanol–water partition coefficient (Wildman–Crippen LogP) is 0.319. The number of nitrogens with zero attached hydrogens (tertiary/aromatic N) is 5. The Balaban J connectivity index is 1.27. The zero-order chi connectivity index (χ0) is 18.1. The van der Waals surface area contributed by atoms with Crippen LogP contribution in [0.15, 0.2) is 30.9 Å². The molecule has 0 unspecified atom stereocenters. The Hall–Kier alpha value is -2.19. The van der Waals surface area contributed by atoms with E-state index >= 15 is 0 Å². The summed E-state index contributed by atoms with van der Waals surface area (Å²) >= 11 is 0. The molecule has 8 nitrogen and oxygen atoms in total. The smallest absolute Gasteiger partial charge is 0.223 e. The lowest BCUT2D eigenvalue weighted by molar-refractivity contribution is -0.130. The number of imidazole rings is 1. The fraction of sp³-hybridized carbons (Fsp3) is 0.611. The number of amides is 1. The first-order valence-corrected chi connectivity index (χ1v) is 9.28. The van der Waals surface area contributed by atoms with E-state index in [1.165, 1.54) is 0 Å². The van der Waals surface area contributed by atoms with Gasteiger partial charge in [-0.1, -0.05) is 0 Å². The molecule has 1 aliphatic carbocycles. The third-order valence-corrected chi connectivity index (χ3v) is 5.70. The highest BCUT2D eigenvalue weighted by atomic mass is 16.3. The van der Waals surface area contributed by atoms with E-state index in [0.717, 1.165) is 38.3 Å². The number of rotatable bonds is 5. The van der Waals surface area contributed by atoms with Crippen molar-refractivity contribution in [2.75, 3.05) is 13.1 Å². The van der Waals surface area contributed by atoms with Gasteiger partial charge in [0.2, 0.25) is 5.91 Å². The molecule has 2 fully saturated rings. The molecule has 0 aromatic carbocycles. The van der Waals surface area contributed by atoms with Crippen LogP contribution in [0.5, 0.6) is 0 Å². The molecule has 1 aliphatic heterocycles. The molecule has 0 bridgehead atoms. The van der Waals surface area contributed by atoms with Crippen molar-refractivity contribution in [3.8, 4) is 0 Å². The Morgan fingerprint density at radius 1 is 1.31 bits per heavy atom. The zero-order valence-electron chi connectivity index (χ0n) is 15.0. The molecule has 1 saturated heterocycles. The fourth-order valence-corrected chi connectivity index (χ4v) is 3.98. The number of nitrogens with one attached hydrogen (secondary N) is 1. The molecule has 2 N–H and O–H groups in total. The van der Waals surface area contributed by atoms with Gasteiger partial charge in [0.1, 0.15) is 5.82 Å². The van der Waals surface area contributed by atoms with Gasteiger partial charge in [-0.25, -0.2) is 4.98 Å². The van der Waals surface area contributed by atoms with Crippen LogP contribution in [0.25, 0.3) is 0 Å². The standard InChI is InChI=1S/C18H26N6O2/c1-22-10-6-19-16(22)12-23-8-3-13(4-9-23)18(26)21-14-11-15(25)17(14)24-7-2-5-20-24/h2,5-7,10,13-15,17,25H,3-4,8-9,11-12H2,1H3,(H,21,26)/t14-,15+,17+/m0/s1. The summed E-state index contributed by atoms with van der Waals surface area (Å²) in [6.45, 7) is 2.63. The Morgan fingerprint density at radius 2 is 2.12 bits per heavy atom. The first kappa shape index (κ1) is 17.2. The first-order chi connectivity index (χ1) is 12.6. The molecule has 2 aliphatic rings. The quantitative estimate of drug-likeness (QED) is 0.804. The van der Waals surface area contributed by atoms with Gasteiger partial charge in [0.25, 0.3) is 0 Å². The Kier molecular flexibility index (Phi) is 4.78. The summed E-state index contributed by atoms with van der Waals surface area (Å²) in [5.41, 5.74) is 0. The van der Waals surface area contributed by atoms with Gasteiger partial charge in [0.15, 0.2) is 0 Å². The Labute approximate surface area is 152 Å². The minimum Gasteiger partial charge on any atom is -0.391 e. The van der Waals surface area contributed by atoms with E-state index in [4.69, 9.17) is 0 Å². The normalized spacial score (nSPS) is 27.2. The lowest BCUT2D eigenvalue weighted by atomic mass is 9.82. The van der Waals surface area contributed by atoms with Crippen LogP contribution in [0, 0.1) is 5.92 Å². The molecule has 4 rings (SSSR count). The molecule has 140 valence electrons. The summed E-state index contributed by atoms with van der Waals surface area (Å²) in [4.78, 5) is 19.4. The first-order valence-electron chi connectivity index (χ1n) is 9.28. The molecular weight excluding hydrogens is 332 g/mol. The van der Waals surface area contributed by atoms with Gasteiger partial charge in [-0.3, -0.25) is 14.4 Å². The molecule has 1 amide bonds. The van der Waals surface area contributed by atoms with Gasteiger partial charge >= 0.3 is 0 Å². The number of aliphatic hydroxyl groups excluding tert-OH is 1. The van der Waals surface area contributed by atoms with Gasteiger partial charge in [-0.15, -0.1) is 0 Å². The molecule has 8 heteroatoms. The van der Waals surface area contributed by atoms with Crippen molar-refractivity contribution in [1.29, 1.82) is 0 Å². The number of hydrogen-bond donors (Lipinski definition) is 2.